The highest BCUT2D eigenvalue weighted by Crippen LogP contribution is 2.50. The molecule has 3 rings (SSSR count). The van der Waals surface area contributed by atoms with Gasteiger partial charge in [-0.15, -0.1) is 0 Å². The van der Waals surface area contributed by atoms with Crippen LogP contribution >= 0.6 is 35.1 Å². The molecule has 74 valence electrons. The number of hydrogen-bond acceptors (Lipinski definition) is 2. The zero-order valence-electron chi connectivity index (χ0n) is 7.74. The molecule has 0 radical (unpaired) electrons. The highest BCUT2D eigenvalue weighted by atomic mass is 35.5. The molecule has 0 atom stereocenters. The second kappa shape index (κ2) is 3.78. The largest absolute Gasteiger partial charge is 0.0877 e. The van der Waals surface area contributed by atoms with E-state index >= 15 is 0 Å². The van der Waals surface area contributed by atoms with Crippen LogP contribution in [0.25, 0.3) is 0 Å². The van der Waals surface area contributed by atoms with Gasteiger partial charge in [0.25, 0.3) is 0 Å². The van der Waals surface area contributed by atoms with Gasteiger partial charge in [-0.3, -0.25) is 0 Å². The van der Waals surface area contributed by atoms with Gasteiger partial charge in [0.15, 0.2) is 0 Å². The summed E-state index contributed by atoms with van der Waals surface area (Å²) in [6.45, 7) is 0. The van der Waals surface area contributed by atoms with Gasteiger partial charge in [0.05, 0.1) is 5.02 Å². The van der Waals surface area contributed by atoms with E-state index < -0.39 is 0 Å². The number of halogens is 1. The average molecular weight is 251 g/mol. The second-order valence-corrected chi connectivity index (χ2v) is 5.76. The summed E-state index contributed by atoms with van der Waals surface area (Å²) in [6.07, 6.45) is 0. The van der Waals surface area contributed by atoms with Crippen molar-refractivity contribution >= 4 is 35.1 Å². The minimum Gasteiger partial charge on any atom is -0.0877 e. The lowest BCUT2D eigenvalue weighted by Crippen LogP contribution is -1.89. The summed E-state index contributed by atoms with van der Waals surface area (Å²) >= 11 is 9.72. The Morgan fingerprint density at radius 2 is 1.40 bits per heavy atom. The fourth-order valence-corrected chi connectivity index (χ4v) is 4.13. The molecule has 0 bridgehead atoms. The summed E-state index contributed by atoms with van der Waals surface area (Å²) in [6, 6.07) is 14.5. The molecule has 0 saturated carbocycles. The van der Waals surface area contributed by atoms with E-state index in [9.17, 15) is 0 Å². The Balaban J connectivity index is 2.15. The van der Waals surface area contributed by atoms with E-state index in [-0.39, 0.29) is 0 Å². The van der Waals surface area contributed by atoms with Crippen LogP contribution < -0.4 is 0 Å². The van der Waals surface area contributed by atoms with Crippen molar-refractivity contribution in [1.82, 2.24) is 0 Å². The van der Waals surface area contributed by atoms with Crippen LogP contribution in [-0.4, -0.2) is 0 Å². The van der Waals surface area contributed by atoms with Gasteiger partial charge in [-0.25, -0.2) is 0 Å². The highest BCUT2D eigenvalue weighted by molar-refractivity contribution is 8.05. The molecule has 1 aliphatic rings. The molecular weight excluding hydrogens is 244 g/mol. The number of hydrogen-bond donors (Lipinski definition) is 0. The van der Waals surface area contributed by atoms with Crippen molar-refractivity contribution in [2.75, 3.05) is 0 Å². The number of rotatable bonds is 0. The maximum absolute atomic E-state index is 6.17. The highest BCUT2D eigenvalue weighted by Gasteiger charge is 2.18. The Labute approximate surface area is 102 Å². The third-order valence-electron chi connectivity index (χ3n) is 2.21. The lowest BCUT2D eigenvalue weighted by molar-refractivity contribution is 1.16. The van der Waals surface area contributed by atoms with Crippen LogP contribution in [0.15, 0.2) is 62.0 Å². The zero-order chi connectivity index (χ0) is 10.3. The predicted molar refractivity (Wildman–Crippen MR) is 66.1 cm³/mol. The normalized spacial score (nSPS) is 13.1. The Kier molecular flexibility index (Phi) is 2.43. The van der Waals surface area contributed by atoms with E-state index in [1.54, 1.807) is 23.5 Å². The molecule has 0 fully saturated rings. The molecule has 1 heterocycles. The topological polar surface area (TPSA) is 0 Å². The van der Waals surface area contributed by atoms with Crippen molar-refractivity contribution in [3.63, 3.8) is 0 Å². The van der Waals surface area contributed by atoms with Gasteiger partial charge in [-0.1, -0.05) is 53.3 Å². The molecule has 0 unspecified atom stereocenters. The minimum atomic E-state index is 0.847. The second-order valence-electron chi connectivity index (χ2n) is 3.22. The Bertz CT molecular complexity index is 523. The number of benzene rings is 2. The van der Waals surface area contributed by atoms with Gasteiger partial charge in [-0.2, -0.15) is 0 Å². The fourth-order valence-electron chi connectivity index (χ4n) is 1.52. The molecule has 0 aromatic heterocycles. The predicted octanol–water partition coefficient (Wildman–Crippen LogP) is 4.96. The Hall–Kier alpha value is -0.570. The lowest BCUT2D eigenvalue weighted by Gasteiger charge is -2.18. The third-order valence-corrected chi connectivity index (χ3v) is 5.25. The van der Waals surface area contributed by atoms with Gasteiger partial charge in [0, 0.05) is 19.6 Å². The SMILES string of the molecule is Clc1cccc2c1Sc1ccccc1S2. The van der Waals surface area contributed by atoms with Crippen LogP contribution in [0.5, 0.6) is 0 Å². The molecule has 2 aromatic carbocycles. The molecule has 0 aliphatic carbocycles. The molecule has 0 spiro atoms. The maximum atomic E-state index is 6.17. The minimum absolute atomic E-state index is 0.847. The summed E-state index contributed by atoms with van der Waals surface area (Å²) < 4.78 is 0. The van der Waals surface area contributed by atoms with Crippen LogP contribution in [-0.2, 0) is 0 Å². The first-order chi connectivity index (χ1) is 7.34. The van der Waals surface area contributed by atoms with Gasteiger partial charge in [0.2, 0.25) is 0 Å². The zero-order valence-corrected chi connectivity index (χ0v) is 10.1. The van der Waals surface area contributed by atoms with Gasteiger partial charge in [0.1, 0.15) is 0 Å². The first-order valence-corrected chi connectivity index (χ1v) is 6.59. The van der Waals surface area contributed by atoms with Crippen LogP contribution in [0, 0.1) is 0 Å². The van der Waals surface area contributed by atoms with Crippen molar-refractivity contribution < 1.29 is 0 Å². The summed E-state index contributed by atoms with van der Waals surface area (Å²) in [7, 11) is 0. The molecule has 1 aliphatic heterocycles. The van der Waals surface area contributed by atoms with Gasteiger partial charge < -0.3 is 0 Å². The Morgan fingerprint density at radius 1 is 0.733 bits per heavy atom. The monoisotopic (exact) mass is 250 g/mol. The van der Waals surface area contributed by atoms with E-state index in [2.05, 4.69) is 30.3 Å². The van der Waals surface area contributed by atoms with Crippen molar-refractivity contribution in [3.8, 4) is 0 Å². The van der Waals surface area contributed by atoms with Gasteiger partial charge in [-0.05, 0) is 24.3 Å². The van der Waals surface area contributed by atoms with Crippen molar-refractivity contribution in [3.05, 3.63) is 47.5 Å². The number of fused-ring (bicyclic) bond motifs is 2. The lowest BCUT2D eigenvalue weighted by atomic mass is 10.3. The first kappa shape index (κ1) is 9.64. The van der Waals surface area contributed by atoms with Crippen molar-refractivity contribution in [1.29, 1.82) is 0 Å². The van der Waals surface area contributed by atoms with E-state index in [1.165, 1.54) is 19.6 Å². The maximum Gasteiger partial charge on any atom is 0.0556 e. The average Bonchev–Trinajstić information content (AvgIpc) is 2.27. The van der Waals surface area contributed by atoms with Gasteiger partial charge >= 0.3 is 0 Å². The molecule has 0 amide bonds. The van der Waals surface area contributed by atoms with Crippen molar-refractivity contribution in [2.24, 2.45) is 0 Å². The first-order valence-electron chi connectivity index (χ1n) is 4.58. The molecule has 0 N–H and O–H groups in total. The quantitative estimate of drug-likeness (QED) is 0.553. The van der Waals surface area contributed by atoms with E-state index in [1.807, 2.05) is 12.1 Å². The summed E-state index contributed by atoms with van der Waals surface area (Å²) in [5.74, 6) is 0. The molecule has 3 heteroatoms. The van der Waals surface area contributed by atoms with Crippen LogP contribution in [0.1, 0.15) is 0 Å². The summed E-state index contributed by atoms with van der Waals surface area (Å²) in [5, 5.41) is 0.847. The van der Waals surface area contributed by atoms with Crippen LogP contribution in [0.3, 0.4) is 0 Å². The van der Waals surface area contributed by atoms with E-state index in [0.29, 0.717) is 0 Å². The van der Waals surface area contributed by atoms with Crippen molar-refractivity contribution in [2.45, 2.75) is 19.6 Å². The standard InChI is InChI=1S/C12H7ClS2/c13-8-4-3-7-11-12(8)15-10-6-2-1-5-9(10)14-11/h1-7H. The molecule has 0 saturated heterocycles. The molecule has 15 heavy (non-hydrogen) atoms. The van der Waals surface area contributed by atoms with Crippen LogP contribution in [0.2, 0.25) is 5.02 Å². The van der Waals surface area contributed by atoms with E-state index in [4.69, 9.17) is 11.6 Å². The van der Waals surface area contributed by atoms with Crippen LogP contribution in [0.4, 0.5) is 0 Å². The Morgan fingerprint density at radius 3 is 2.20 bits per heavy atom. The third kappa shape index (κ3) is 1.67. The van der Waals surface area contributed by atoms with E-state index in [0.717, 1.165) is 5.02 Å². The fraction of sp³-hybridized carbons (Fsp3) is 0. The summed E-state index contributed by atoms with van der Waals surface area (Å²) in [4.78, 5) is 5.05. The summed E-state index contributed by atoms with van der Waals surface area (Å²) in [5.41, 5.74) is 0. The molecule has 0 nitrogen and oxygen atoms in total. The molecular formula is C12H7ClS2. The smallest absolute Gasteiger partial charge is 0.0556 e. The molecule has 2 aromatic rings.